The van der Waals surface area contributed by atoms with E-state index >= 15 is 0 Å². The summed E-state index contributed by atoms with van der Waals surface area (Å²) in [6.45, 7) is 2.05. The summed E-state index contributed by atoms with van der Waals surface area (Å²) in [5, 5.41) is 21.1. The van der Waals surface area contributed by atoms with Gasteiger partial charge in [0.05, 0.1) is 41.4 Å². The number of nitrogens with zero attached hydrogens (tertiary/aromatic N) is 1. The van der Waals surface area contributed by atoms with Crippen LogP contribution in [0.25, 0.3) is 6.08 Å². The van der Waals surface area contributed by atoms with E-state index in [1.165, 1.54) is 7.11 Å². The van der Waals surface area contributed by atoms with Crippen LogP contribution in [0, 0.1) is 17.8 Å². The van der Waals surface area contributed by atoms with Crippen LogP contribution in [0.1, 0.15) is 55.7 Å². The van der Waals surface area contributed by atoms with Gasteiger partial charge in [0, 0.05) is 12.7 Å². The zero-order valence-electron chi connectivity index (χ0n) is 25.7. The third-order valence-electron chi connectivity index (χ3n) is 9.05. The second-order valence-corrected chi connectivity index (χ2v) is 12.2. The minimum Gasteiger partial charge on any atom is -0.507 e. The number of rotatable bonds is 9. The minimum atomic E-state index is -5.17. The molecule has 2 heterocycles. The molecule has 3 aliphatic rings. The van der Waals surface area contributed by atoms with Crippen molar-refractivity contribution >= 4 is 30.7 Å². The highest BCUT2D eigenvalue weighted by Crippen LogP contribution is 2.52. The molecule has 1 aliphatic carbocycles. The number of hydrogen-bond acceptors (Lipinski definition) is 6. The van der Waals surface area contributed by atoms with E-state index in [2.05, 4.69) is 0 Å². The predicted molar refractivity (Wildman–Crippen MR) is 161 cm³/mol. The fourth-order valence-electron chi connectivity index (χ4n) is 7.13. The second-order valence-electron chi connectivity index (χ2n) is 12.2. The number of amides is 2. The summed E-state index contributed by atoms with van der Waals surface area (Å²) in [5.74, 6) is -4.69. The quantitative estimate of drug-likeness (QED) is 0.129. The molecule has 4 atom stereocenters. The fraction of sp³-hybridized carbons (Fsp3) is 0.455. The Morgan fingerprint density at radius 1 is 1.02 bits per heavy atom. The maximum absolute atomic E-state index is 13.9. The number of phenols is 1. The molecular formula is C33H34BF6NO6. The Morgan fingerprint density at radius 3 is 2.28 bits per heavy atom. The summed E-state index contributed by atoms with van der Waals surface area (Å²) in [6.07, 6.45) is -6.89. The number of allylic oxidation sites excluding steroid dienone is 1. The number of carbonyl (C=O) groups excluding carboxylic acids is 2. The van der Waals surface area contributed by atoms with Crippen molar-refractivity contribution in [2.24, 2.45) is 17.8 Å². The van der Waals surface area contributed by atoms with Crippen molar-refractivity contribution in [3.05, 3.63) is 75.9 Å². The zero-order valence-corrected chi connectivity index (χ0v) is 25.7. The SMILES string of the molecule is CCC/C(=C\c1ccccc1O)CC[C@H]1OB(O)C[C@H]2C1=C(COC)C[C@H]1C(=O)N(c3cc(C(F)(F)F)cc(C(F)(F)F)c3)C(=O)[C@H]12. The van der Waals surface area contributed by atoms with Crippen molar-refractivity contribution in [2.45, 2.75) is 63.8 Å². The molecule has 0 spiro atoms. The molecule has 252 valence electrons. The molecule has 5 rings (SSSR count). The third kappa shape index (κ3) is 7.14. The van der Waals surface area contributed by atoms with Crippen molar-refractivity contribution in [1.29, 1.82) is 0 Å². The first kappa shape index (κ1) is 34.7. The van der Waals surface area contributed by atoms with Crippen LogP contribution in [0.3, 0.4) is 0 Å². The van der Waals surface area contributed by atoms with Crippen molar-refractivity contribution in [2.75, 3.05) is 18.6 Å². The monoisotopic (exact) mass is 665 g/mol. The molecule has 0 unspecified atom stereocenters. The second kappa shape index (κ2) is 13.5. The third-order valence-corrected chi connectivity index (χ3v) is 9.05. The summed E-state index contributed by atoms with van der Waals surface area (Å²) in [6, 6.07) is 7.56. The van der Waals surface area contributed by atoms with Crippen molar-refractivity contribution in [1.82, 2.24) is 0 Å². The van der Waals surface area contributed by atoms with E-state index in [1.807, 2.05) is 13.0 Å². The van der Waals surface area contributed by atoms with E-state index in [4.69, 9.17) is 9.39 Å². The summed E-state index contributed by atoms with van der Waals surface area (Å²) in [7, 11) is 0.0988. The summed E-state index contributed by atoms with van der Waals surface area (Å²) < 4.78 is 93.2. The first-order valence-corrected chi connectivity index (χ1v) is 15.3. The van der Waals surface area contributed by atoms with Gasteiger partial charge in [-0.3, -0.25) is 9.59 Å². The first-order valence-electron chi connectivity index (χ1n) is 15.3. The van der Waals surface area contributed by atoms with Gasteiger partial charge < -0.3 is 19.5 Å². The standard InChI is InChI=1S/C33H34BF6NO6/c1-3-6-18(11-19-7-4-5-8-26(19)42)9-10-27-28-20(17-46-2)12-24-29(25(28)16-34(45)47-27)31(44)41(30(24)43)23-14-21(32(35,36)37)13-22(15-23)33(38,39)40/h4-5,7-8,11,13-15,24-25,27,29,42,45H,3,6,9-10,12,16-17H2,1-2H3/b18-11+/t24-,25+,27-,29-/m1/s1. The lowest BCUT2D eigenvalue weighted by Crippen LogP contribution is -2.46. The number of ether oxygens (including phenoxy) is 1. The molecule has 0 bridgehead atoms. The number of fused-ring (bicyclic) bond motifs is 3. The van der Waals surface area contributed by atoms with Crippen LogP contribution >= 0.6 is 0 Å². The number of phenolic OH excluding ortho intramolecular Hbond substituents is 1. The Balaban J connectivity index is 1.50. The number of hydrogen-bond donors (Lipinski definition) is 2. The number of imide groups is 1. The maximum atomic E-state index is 13.9. The normalized spacial score (nSPS) is 23.8. The number of benzene rings is 2. The van der Waals surface area contributed by atoms with Gasteiger partial charge in [-0.2, -0.15) is 26.3 Å². The number of alkyl halides is 6. The van der Waals surface area contributed by atoms with Gasteiger partial charge in [0.1, 0.15) is 5.75 Å². The fourth-order valence-corrected chi connectivity index (χ4v) is 7.13. The number of para-hydroxylation sites is 1. The highest BCUT2D eigenvalue weighted by Gasteiger charge is 2.58. The number of aromatic hydroxyl groups is 1. The molecule has 2 fully saturated rings. The number of carbonyl (C=O) groups is 2. The van der Waals surface area contributed by atoms with Crippen LogP contribution in [0.4, 0.5) is 32.0 Å². The lowest BCUT2D eigenvalue weighted by atomic mass is 9.58. The van der Waals surface area contributed by atoms with Crippen molar-refractivity contribution in [3.63, 3.8) is 0 Å². The molecule has 47 heavy (non-hydrogen) atoms. The summed E-state index contributed by atoms with van der Waals surface area (Å²) in [4.78, 5) is 28.1. The molecule has 2 saturated heterocycles. The maximum Gasteiger partial charge on any atom is 0.455 e. The zero-order chi connectivity index (χ0) is 34.3. The highest BCUT2D eigenvalue weighted by molar-refractivity contribution is 6.43. The molecule has 2 aromatic carbocycles. The van der Waals surface area contributed by atoms with E-state index in [0.717, 1.165) is 12.0 Å². The Kier molecular flexibility index (Phi) is 9.96. The Morgan fingerprint density at radius 2 is 1.68 bits per heavy atom. The van der Waals surface area contributed by atoms with Crippen LogP contribution in [-0.4, -0.2) is 48.9 Å². The molecule has 0 radical (unpaired) electrons. The molecule has 2 amide bonds. The van der Waals surface area contributed by atoms with Gasteiger partial charge in [-0.05, 0) is 73.3 Å². The molecular weight excluding hydrogens is 631 g/mol. The molecule has 2 aliphatic heterocycles. The molecule has 0 saturated carbocycles. The van der Waals surface area contributed by atoms with Gasteiger partial charge in [0.25, 0.3) is 0 Å². The number of halogens is 6. The minimum absolute atomic E-state index is 0.0119. The molecule has 0 aromatic heterocycles. The van der Waals surface area contributed by atoms with E-state index in [9.17, 15) is 46.1 Å². The molecule has 2 aromatic rings. The Labute approximate surface area is 268 Å². The smallest absolute Gasteiger partial charge is 0.455 e. The first-order chi connectivity index (χ1) is 22.1. The predicted octanol–water partition coefficient (Wildman–Crippen LogP) is 7.04. The lowest BCUT2D eigenvalue weighted by Gasteiger charge is -2.43. The van der Waals surface area contributed by atoms with E-state index in [0.29, 0.717) is 53.0 Å². The number of methoxy groups -OCH3 is 1. The largest absolute Gasteiger partial charge is 0.507 e. The van der Waals surface area contributed by atoms with Gasteiger partial charge in [0.15, 0.2) is 0 Å². The molecule has 14 heteroatoms. The van der Waals surface area contributed by atoms with Crippen LogP contribution in [-0.2, 0) is 31.3 Å². The van der Waals surface area contributed by atoms with E-state index < -0.39 is 72.0 Å². The molecule has 2 N–H and O–H groups in total. The Bertz CT molecular complexity index is 1560. The summed E-state index contributed by atoms with van der Waals surface area (Å²) >= 11 is 0. The van der Waals surface area contributed by atoms with Gasteiger partial charge in [-0.1, -0.05) is 43.2 Å². The highest BCUT2D eigenvalue weighted by atomic mass is 19.4. The van der Waals surface area contributed by atoms with Gasteiger partial charge in [-0.15, -0.1) is 0 Å². The average molecular weight is 665 g/mol. The molecule has 7 nitrogen and oxygen atoms in total. The van der Waals surface area contributed by atoms with Crippen molar-refractivity contribution < 1.29 is 55.5 Å². The lowest BCUT2D eigenvalue weighted by molar-refractivity contribution is -0.143. The van der Waals surface area contributed by atoms with Gasteiger partial charge in [-0.25, -0.2) is 4.90 Å². The van der Waals surface area contributed by atoms with Crippen LogP contribution in [0.2, 0.25) is 6.32 Å². The average Bonchev–Trinajstić information content (AvgIpc) is 3.24. The van der Waals surface area contributed by atoms with Crippen LogP contribution in [0.5, 0.6) is 5.75 Å². The van der Waals surface area contributed by atoms with E-state index in [1.54, 1.807) is 24.3 Å². The summed E-state index contributed by atoms with van der Waals surface area (Å²) in [5.41, 5.74) is -1.16. The van der Waals surface area contributed by atoms with Crippen LogP contribution < -0.4 is 4.90 Å². The van der Waals surface area contributed by atoms with E-state index in [-0.39, 0.29) is 31.2 Å². The van der Waals surface area contributed by atoms with Crippen LogP contribution in [0.15, 0.2) is 59.2 Å². The topological polar surface area (TPSA) is 96.3 Å². The van der Waals surface area contributed by atoms with Gasteiger partial charge >= 0.3 is 19.5 Å². The van der Waals surface area contributed by atoms with Gasteiger partial charge in [0.2, 0.25) is 11.8 Å². The van der Waals surface area contributed by atoms with Crippen molar-refractivity contribution in [3.8, 4) is 5.75 Å². The number of anilines is 1. The Hall–Kier alpha value is -3.62.